The van der Waals surface area contributed by atoms with Gasteiger partial charge in [0, 0.05) is 38.2 Å². The molecule has 2 rings (SSSR count). The quantitative estimate of drug-likeness (QED) is 0.322. The van der Waals surface area contributed by atoms with E-state index >= 15 is 0 Å². The molecule has 1 amide bonds. The van der Waals surface area contributed by atoms with Crippen molar-refractivity contribution in [1.29, 1.82) is 0 Å². The van der Waals surface area contributed by atoms with Gasteiger partial charge in [-0.25, -0.2) is 4.39 Å². The van der Waals surface area contributed by atoms with Crippen LogP contribution in [0.4, 0.5) is 10.1 Å². The molecule has 0 saturated carbocycles. The third-order valence-corrected chi connectivity index (χ3v) is 3.66. The molecule has 7 heteroatoms. The normalized spacial score (nSPS) is 15.2. The molecule has 1 heterocycles. The molecule has 1 saturated heterocycles. The van der Waals surface area contributed by atoms with Gasteiger partial charge in [-0.15, -0.1) is 0 Å². The van der Waals surface area contributed by atoms with Gasteiger partial charge >= 0.3 is 0 Å². The molecule has 0 atom stereocenters. The zero-order valence-electron chi connectivity index (χ0n) is 14.2. The van der Waals surface area contributed by atoms with Crippen molar-refractivity contribution in [2.24, 2.45) is 4.99 Å². The Hall–Kier alpha value is -2.31. The lowest BCUT2D eigenvalue weighted by Gasteiger charge is -2.17. The zero-order chi connectivity index (χ0) is 17.5. The van der Waals surface area contributed by atoms with Crippen molar-refractivity contribution in [1.82, 2.24) is 10.2 Å². The summed E-state index contributed by atoms with van der Waals surface area (Å²) in [5.74, 6) is 0.199. The number of likely N-dealkylation sites (tertiary alicyclic amines) is 1. The number of phenolic OH excluding ortho intramolecular Hbond substituents is 1. The van der Waals surface area contributed by atoms with E-state index in [0.29, 0.717) is 25.5 Å². The summed E-state index contributed by atoms with van der Waals surface area (Å²) in [5, 5.41) is 15.9. The largest absolute Gasteiger partial charge is 0.506 e. The molecule has 6 nitrogen and oxygen atoms in total. The van der Waals surface area contributed by atoms with Crippen LogP contribution in [0.1, 0.15) is 33.1 Å². The summed E-state index contributed by atoms with van der Waals surface area (Å²) in [6, 6.07) is 3.84. The molecule has 3 N–H and O–H groups in total. The number of amides is 1. The number of hydrogen-bond acceptors (Lipinski definition) is 3. The van der Waals surface area contributed by atoms with Crippen molar-refractivity contribution < 1.29 is 14.3 Å². The summed E-state index contributed by atoms with van der Waals surface area (Å²) >= 11 is 0. The van der Waals surface area contributed by atoms with Crippen LogP contribution in [0.5, 0.6) is 5.75 Å². The highest BCUT2D eigenvalue weighted by atomic mass is 19.1. The Balaban J connectivity index is 1.93. The van der Waals surface area contributed by atoms with Gasteiger partial charge in [0.25, 0.3) is 0 Å². The van der Waals surface area contributed by atoms with E-state index in [4.69, 9.17) is 0 Å². The summed E-state index contributed by atoms with van der Waals surface area (Å²) in [6.45, 7) is 5.98. The van der Waals surface area contributed by atoms with Gasteiger partial charge in [-0.3, -0.25) is 9.79 Å². The Morgan fingerprint density at radius 3 is 2.92 bits per heavy atom. The zero-order valence-corrected chi connectivity index (χ0v) is 14.2. The fourth-order valence-corrected chi connectivity index (χ4v) is 2.52. The molecule has 1 aromatic carbocycles. The van der Waals surface area contributed by atoms with E-state index in [2.05, 4.69) is 15.6 Å². The van der Waals surface area contributed by atoms with E-state index < -0.39 is 5.82 Å². The summed E-state index contributed by atoms with van der Waals surface area (Å²) in [4.78, 5) is 17.9. The van der Waals surface area contributed by atoms with Crippen LogP contribution in [0.25, 0.3) is 0 Å². The maximum atomic E-state index is 13.3. The number of benzene rings is 1. The molecule has 0 radical (unpaired) electrons. The lowest BCUT2D eigenvalue weighted by Crippen LogP contribution is -2.36. The first-order valence-electron chi connectivity index (χ1n) is 8.30. The predicted octanol–water partition coefficient (Wildman–Crippen LogP) is 2.31. The Morgan fingerprint density at radius 1 is 1.46 bits per heavy atom. The minimum atomic E-state index is -0.438. The van der Waals surface area contributed by atoms with E-state index in [-0.39, 0.29) is 23.4 Å². The molecule has 24 heavy (non-hydrogen) atoms. The van der Waals surface area contributed by atoms with Crippen LogP contribution in [0, 0.1) is 5.82 Å². The fraction of sp³-hybridized carbons (Fsp3) is 0.529. The number of nitrogens with one attached hydrogen (secondary N) is 2. The fourth-order valence-electron chi connectivity index (χ4n) is 2.52. The van der Waals surface area contributed by atoms with Crippen molar-refractivity contribution in [3.05, 3.63) is 24.0 Å². The number of carbonyl (C=O) groups excluding carboxylic acids is 1. The molecule has 0 bridgehead atoms. The third-order valence-electron chi connectivity index (χ3n) is 3.66. The Morgan fingerprint density at radius 2 is 2.25 bits per heavy atom. The first-order chi connectivity index (χ1) is 11.5. The van der Waals surface area contributed by atoms with Gasteiger partial charge in [0.1, 0.15) is 11.6 Å². The average molecular weight is 336 g/mol. The monoisotopic (exact) mass is 336 g/mol. The summed E-state index contributed by atoms with van der Waals surface area (Å²) in [6.07, 6.45) is 2.33. The van der Waals surface area contributed by atoms with Crippen LogP contribution >= 0.6 is 0 Å². The number of hydrogen-bond donors (Lipinski definition) is 3. The molecule has 1 aliphatic heterocycles. The number of nitrogens with zero attached hydrogens (tertiary/aromatic N) is 2. The summed E-state index contributed by atoms with van der Waals surface area (Å²) < 4.78 is 13.3. The van der Waals surface area contributed by atoms with E-state index in [9.17, 15) is 14.3 Å². The molecule has 1 aromatic rings. The van der Waals surface area contributed by atoms with Gasteiger partial charge in [-0.2, -0.15) is 0 Å². The molecule has 0 aliphatic carbocycles. The molecule has 132 valence electrons. The van der Waals surface area contributed by atoms with Gasteiger partial charge in [-0.05, 0) is 38.8 Å². The van der Waals surface area contributed by atoms with E-state index in [0.717, 1.165) is 19.4 Å². The van der Waals surface area contributed by atoms with Gasteiger partial charge in [0.15, 0.2) is 5.96 Å². The van der Waals surface area contributed by atoms with E-state index in [1.54, 1.807) is 0 Å². The standard InChI is InChI=1S/C17H25FN4O2/c1-12(2)20-17(21-14-11-13(18)6-7-15(14)23)19-8-4-10-22-9-3-5-16(22)24/h6-7,11-12,23H,3-5,8-10H2,1-2H3,(H2,19,20,21). The molecule has 0 spiro atoms. The molecular weight excluding hydrogens is 311 g/mol. The maximum absolute atomic E-state index is 13.3. The lowest BCUT2D eigenvalue weighted by molar-refractivity contribution is -0.127. The number of phenols is 1. The van der Waals surface area contributed by atoms with E-state index in [1.807, 2.05) is 18.7 Å². The second kappa shape index (κ2) is 8.52. The van der Waals surface area contributed by atoms with Crippen LogP contribution in [-0.2, 0) is 4.79 Å². The van der Waals surface area contributed by atoms with Crippen molar-refractivity contribution in [3.63, 3.8) is 0 Å². The summed E-state index contributed by atoms with van der Waals surface area (Å²) in [5.41, 5.74) is 0.261. The van der Waals surface area contributed by atoms with Gasteiger partial charge < -0.3 is 20.6 Å². The topological polar surface area (TPSA) is 77.0 Å². The van der Waals surface area contributed by atoms with Gasteiger partial charge in [0.05, 0.1) is 5.69 Å². The average Bonchev–Trinajstić information content (AvgIpc) is 2.92. The number of rotatable bonds is 6. The minimum absolute atomic E-state index is 0.0441. The Labute approximate surface area is 141 Å². The van der Waals surface area contributed by atoms with Gasteiger partial charge in [-0.1, -0.05) is 0 Å². The number of halogens is 1. The highest BCUT2D eigenvalue weighted by Gasteiger charge is 2.18. The van der Waals surface area contributed by atoms with Crippen LogP contribution in [0.2, 0.25) is 0 Å². The van der Waals surface area contributed by atoms with Crippen LogP contribution in [-0.4, -0.2) is 47.5 Å². The van der Waals surface area contributed by atoms with Crippen molar-refractivity contribution >= 4 is 17.6 Å². The highest BCUT2D eigenvalue weighted by Crippen LogP contribution is 2.23. The second-order valence-corrected chi connectivity index (χ2v) is 6.15. The second-order valence-electron chi connectivity index (χ2n) is 6.15. The van der Waals surface area contributed by atoms with Crippen molar-refractivity contribution in [2.75, 3.05) is 25.0 Å². The Bertz CT molecular complexity index is 604. The first kappa shape index (κ1) is 18.0. The molecule has 0 aromatic heterocycles. The number of carbonyl (C=O) groups is 1. The molecule has 1 aliphatic rings. The number of anilines is 1. The predicted molar refractivity (Wildman–Crippen MR) is 92.7 cm³/mol. The first-order valence-corrected chi connectivity index (χ1v) is 8.30. The number of guanidine groups is 1. The van der Waals surface area contributed by atoms with Crippen molar-refractivity contribution in [3.8, 4) is 5.75 Å². The summed E-state index contributed by atoms with van der Waals surface area (Å²) in [7, 11) is 0. The smallest absolute Gasteiger partial charge is 0.222 e. The lowest BCUT2D eigenvalue weighted by atomic mass is 10.3. The van der Waals surface area contributed by atoms with Crippen molar-refractivity contribution in [2.45, 2.75) is 39.2 Å². The molecular formula is C17H25FN4O2. The van der Waals surface area contributed by atoms with Crippen LogP contribution < -0.4 is 10.6 Å². The number of aromatic hydroxyl groups is 1. The molecule has 0 unspecified atom stereocenters. The third kappa shape index (κ3) is 5.40. The van der Waals surface area contributed by atoms with Gasteiger partial charge in [0.2, 0.25) is 5.91 Å². The highest BCUT2D eigenvalue weighted by molar-refractivity contribution is 5.95. The SMILES string of the molecule is CC(C)NC(=NCCCN1CCCC1=O)Nc1cc(F)ccc1O. The Kier molecular flexibility index (Phi) is 6.40. The van der Waals surface area contributed by atoms with E-state index in [1.165, 1.54) is 18.2 Å². The maximum Gasteiger partial charge on any atom is 0.222 e. The van der Waals surface area contributed by atoms with Crippen LogP contribution in [0.3, 0.4) is 0 Å². The van der Waals surface area contributed by atoms with Crippen LogP contribution in [0.15, 0.2) is 23.2 Å². The minimum Gasteiger partial charge on any atom is -0.506 e. The molecule has 1 fully saturated rings. The number of aliphatic imine (C=N–C) groups is 1.